The maximum Gasteiger partial charge on any atom is 0.267 e. The minimum atomic E-state index is -4.08. The smallest absolute Gasteiger partial charge is 0.267 e. The van der Waals surface area contributed by atoms with Crippen LogP contribution >= 0.6 is 0 Å². The molecule has 3 N–H and O–H groups in total. The van der Waals surface area contributed by atoms with Crippen LogP contribution in [0.3, 0.4) is 0 Å². The molecular formula is C13H29NO4S. The first kappa shape index (κ1) is 18.8. The molecule has 0 aromatic rings. The Bertz CT molecular complexity index is 293. The number of hydrogen-bond donors (Lipinski definition) is 3. The molecule has 0 spiro atoms. The topological polar surface area (TPSA) is 86.6 Å². The van der Waals surface area contributed by atoms with Crippen LogP contribution in [0.5, 0.6) is 0 Å². The van der Waals surface area contributed by atoms with Crippen molar-refractivity contribution in [3.63, 3.8) is 0 Å². The van der Waals surface area contributed by atoms with E-state index in [1.807, 2.05) is 0 Å². The normalized spacial score (nSPS) is 13.6. The fraction of sp³-hybridized carbons (Fsp3) is 1.00. The SMILES string of the molecule is CCCCCCCCCCNCC(O)CS(=O)(=O)O. The molecule has 0 heterocycles. The standard InChI is InChI=1S/C13H29NO4S/c1-2-3-4-5-6-7-8-9-10-14-11-13(15)12-19(16,17)18/h13-15H,2-12H2,1H3,(H,16,17,18). The Morgan fingerprint density at radius 3 is 2.05 bits per heavy atom. The molecule has 0 aliphatic heterocycles. The van der Waals surface area contributed by atoms with E-state index in [-0.39, 0.29) is 6.54 Å². The van der Waals surface area contributed by atoms with Crippen molar-refractivity contribution < 1.29 is 18.1 Å². The Hall–Kier alpha value is -0.170. The average Bonchev–Trinajstić information content (AvgIpc) is 2.29. The molecule has 19 heavy (non-hydrogen) atoms. The Balaban J connectivity index is 3.23. The summed E-state index contributed by atoms with van der Waals surface area (Å²) < 4.78 is 29.5. The van der Waals surface area contributed by atoms with Gasteiger partial charge in [0.25, 0.3) is 10.1 Å². The molecule has 5 nitrogen and oxygen atoms in total. The van der Waals surface area contributed by atoms with Gasteiger partial charge in [0.1, 0.15) is 5.75 Å². The fourth-order valence-corrected chi connectivity index (χ4v) is 2.56. The minimum absolute atomic E-state index is 0.205. The van der Waals surface area contributed by atoms with Crippen LogP contribution < -0.4 is 5.32 Å². The second kappa shape index (κ2) is 11.6. The van der Waals surface area contributed by atoms with Gasteiger partial charge in [-0.1, -0.05) is 51.9 Å². The lowest BCUT2D eigenvalue weighted by Gasteiger charge is -2.09. The van der Waals surface area contributed by atoms with Crippen LogP contribution in [0.4, 0.5) is 0 Å². The number of aliphatic hydroxyl groups is 1. The number of unbranched alkanes of at least 4 members (excludes halogenated alkanes) is 7. The van der Waals surface area contributed by atoms with Gasteiger partial charge in [0.15, 0.2) is 0 Å². The maximum absolute atomic E-state index is 10.5. The Kier molecular flexibility index (Phi) is 11.5. The Labute approximate surface area is 117 Å². The molecule has 0 amide bonds. The maximum atomic E-state index is 10.5. The molecule has 0 rings (SSSR count). The summed E-state index contributed by atoms with van der Waals surface area (Å²) in [7, 11) is -4.08. The summed E-state index contributed by atoms with van der Waals surface area (Å²) in [6.07, 6.45) is 8.92. The van der Waals surface area contributed by atoms with Crippen molar-refractivity contribution in [1.82, 2.24) is 5.32 Å². The van der Waals surface area contributed by atoms with Crippen molar-refractivity contribution in [2.45, 2.75) is 64.4 Å². The first-order chi connectivity index (χ1) is 8.95. The van der Waals surface area contributed by atoms with Gasteiger partial charge in [0.2, 0.25) is 0 Å². The zero-order valence-electron chi connectivity index (χ0n) is 12.0. The summed E-state index contributed by atoms with van der Waals surface area (Å²) in [5, 5.41) is 12.3. The summed E-state index contributed by atoms with van der Waals surface area (Å²) in [4.78, 5) is 0. The molecule has 6 heteroatoms. The third kappa shape index (κ3) is 15.8. The quantitative estimate of drug-likeness (QED) is 0.357. The predicted molar refractivity (Wildman–Crippen MR) is 77.9 cm³/mol. The van der Waals surface area contributed by atoms with Crippen LogP contribution in [-0.4, -0.2) is 43.0 Å². The van der Waals surface area contributed by atoms with E-state index < -0.39 is 22.0 Å². The third-order valence-corrected chi connectivity index (χ3v) is 3.80. The molecular weight excluding hydrogens is 266 g/mol. The first-order valence-corrected chi connectivity index (χ1v) is 8.90. The second-order valence-corrected chi connectivity index (χ2v) is 6.58. The molecule has 0 aliphatic rings. The van der Waals surface area contributed by atoms with Crippen LogP contribution in [0, 0.1) is 0 Å². The molecule has 0 aromatic carbocycles. The molecule has 1 unspecified atom stereocenters. The van der Waals surface area contributed by atoms with E-state index in [2.05, 4.69) is 12.2 Å². The average molecular weight is 295 g/mol. The van der Waals surface area contributed by atoms with Crippen LogP contribution in [0.1, 0.15) is 58.3 Å². The lowest BCUT2D eigenvalue weighted by atomic mass is 10.1. The molecule has 0 aliphatic carbocycles. The van der Waals surface area contributed by atoms with Crippen LogP contribution in [0.2, 0.25) is 0 Å². The molecule has 116 valence electrons. The van der Waals surface area contributed by atoms with Gasteiger partial charge in [0.05, 0.1) is 6.10 Å². The highest BCUT2D eigenvalue weighted by atomic mass is 32.2. The summed E-state index contributed by atoms with van der Waals surface area (Å²) >= 11 is 0. The zero-order chi connectivity index (χ0) is 14.6. The number of rotatable bonds is 13. The summed E-state index contributed by atoms with van der Waals surface area (Å²) in [5.41, 5.74) is 0. The van der Waals surface area contributed by atoms with Gasteiger partial charge in [-0.25, -0.2) is 0 Å². The highest BCUT2D eigenvalue weighted by Crippen LogP contribution is 2.07. The number of hydrogen-bond acceptors (Lipinski definition) is 4. The van der Waals surface area contributed by atoms with Gasteiger partial charge in [-0.2, -0.15) is 8.42 Å². The first-order valence-electron chi connectivity index (χ1n) is 7.29. The van der Waals surface area contributed by atoms with Gasteiger partial charge in [-0.05, 0) is 13.0 Å². The van der Waals surface area contributed by atoms with Crippen molar-refractivity contribution in [2.24, 2.45) is 0 Å². The van der Waals surface area contributed by atoms with Crippen LogP contribution in [0.25, 0.3) is 0 Å². The monoisotopic (exact) mass is 295 g/mol. The van der Waals surface area contributed by atoms with Gasteiger partial charge in [0, 0.05) is 6.54 Å². The van der Waals surface area contributed by atoms with E-state index in [9.17, 15) is 13.5 Å². The summed E-state index contributed by atoms with van der Waals surface area (Å²) in [5.74, 6) is -0.600. The van der Waals surface area contributed by atoms with Gasteiger partial charge in [-0.15, -0.1) is 0 Å². The van der Waals surface area contributed by atoms with Gasteiger partial charge >= 0.3 is 0 Å². The second-order valence-electron chi connectivity index (χ2n) is 5.08. The molecule has 1 atom stereocenters. The lowest BCUT2D eigenvalue weighted by Crippen LogP contribution is -2.32. The van der Waals surface area contributed by atoms with E-state index in [0.29, 0.717) is 0 Å². The largest absolute Gasteiger partial charge is 0.391 e. The highest BCUT2D eigenvalue weighted by molar-refractivity contribution is 7.85. The van der Waals surface area contributed by atoms with Gasteiger partial charge < -0.3 is 10.4 Å². The van der Waals surface area contributed by atoms with Crippen molar-refractivity contribution >= 4 is 10.1 Å². The fourth-order valence-electron chi connectivity index (χ4n) is 1.95. The molecule has 0 bridgehead atoms. The highest BCUT2D eigenvalue weighted by Gasteiger charge is 2.12. The third-order valence-electron chi connectivity index (χ3n) is 2.99. The van der Waals surface area contributed by atoms with Crippen LogP contribution in [-0.2, 0) is 10.1 Å². The predicted octanol–water partition coefficient (Wildman–Crippen LogP) is 1.97. The van der Waals surface area contributed by atoms with E-state index in [0.717, 1.165) is 19.4 Å². The van der Waals surface area contributed by atoms with Crippen LogP contribution in [0.15, 0.2) is 0 Å². The van der Waals surface area contributed by atoms with Crippen molar-refractivity contribution in [3.8, 4) is 0 Å². The zero-order valence-corrected chi connectivity index (χ0v) is 12.8. The molecule has 0 saturated carbocycles. The molecule has 0 aromatic heterocycles. The molecule has 0 fully saturated rings. The summed E-state index contributed by atoms with van der Waals surface area (Å²) in [6.45, 7) is 3.19. The number of aliphatic hydroxyl groups excluding tert-OH is 1. The molecule has 0 radical (unpaired) electrons. The van der Waals surface area contributed by atoms with E-state index in [4.69, 9.17) is 4.55 Å². The lowest BCUT2D eigenvalue weighted by molar-refractivity contribution is 0.191. The van der Waals surface area contributed by atoms with E-state index >= 15 is 0 Å². The Morgan fingerprint density at radius 1 is 1.00 bits per heavy atom. The summed E-state index contributed by atoms with van der Waals surface area (Å²) in [6, 6.07) is 0. The van der Waals surface area contributed by atoms with Gasteiger partial charge in [-0.3, -0.25) is 4.55 Å². The number of nitrogens with one attached hydrogen (secondary N) is 1. The van der Waals surface area contributed by atoms with Crippen molar-refractivity contribution in [3.05, 3.63) is 0 Å². The van der Waals surface area contributed by atoms with E-state index in [1.54, 1.807) is 0 Å². The van der Waals surface area contributed by atoms with E-state index in [1.165, 1.54) is 38.5 Å². The van der Waals surface area contributed by atoms with Crippen molar-refractivity contribution in [1.29, 1.82) is 0 Å². The van der Waals surface area contributed by atoms with Crippen molar-refractivity contribution in [2.75, 3.05) is 18.8 Å². The molecule has 0 saturated heterocycles. The Morgan fingerprint density at radius 2 is 1.53 bits per heavy atom. The minimum Gasteiger partial charge on any atom is -0.391 e.